The molecule has 5 N–H and O–H groups in total. The number of nitrogens with two attached hydrogens (primary N) is 1. The van der Waals surface area contributed by atoms with Crippen molar-refractivity contribution in [2.75, 3.05) is 5.43 Å². The number of nitrogens with one attached hydrogen (secondary N) is 1. The van der Waals surface area contributed by atoms with Gasteiger partial charge in [0.25, 0.3) is 5.69 Å². The lowest BCUT2D eigenvalue weighted by atomic mass is 10.1. The highest BCUT2D eigenvalue weighted by atomic mass is 16.6. The van der Waals surface area contributed by atoms with Crippen LogP contribution in [0.25, 0.3) is 0 Å². The Hall–Kier alpha value is -2.19. The van der Waals surface area contributed by atoms with Crippen LogP contribution in [0.4, 0.5) is 11.4 Å². The molecule has 0 fully saturated rings. The smallest absolute Gasteiger partial charge is 0.337 e. The number of carbonyl (C=O) groups is 1. The number of aliphatic hydroxyl groups is 1. The molecule has 0 aliphatic carbocycles. The molecule has 0 aromatic heterocycles. The monoisotopic (exact) mass is 227 g/mol. The van der Waals surface area contributed by atoms with Crippen LogP contribution >= 0.6 is 0 Å². The van der Waals surface area contributed by atoms with Gasteiger partial charge in [-0.15, -0.1) is 0 Å². The van der Waals surface area contributed by atoms with Crippen molar-refractivity contribution in [1.82, 2.24) is 0 Å². The first-order chi connectivity index (χ1) is 7.47. The number of nitro benzene ring substituents is 1. The van der Waals surface area contributed by atoms with E-state index in [1.54, 1.807) is 0 Å². The second-order valence-corrected chi connectivity index (χ2v) is 2.92. The van der Waals surface area contributed by atoms with Gasteiger partial charge in [-0.05, 0) is 12.1 Å². The standard InChI is InChI=1S/C8H9N3O5/c9-10-4-1-2-5(7(12)8(13)14)6(3-4)11(15)16/h1-3,7,10,12H,9H2,(H,13,14). The molecule has 86 valence electrons. The number of nitrogens with zero attached hydrogens (tertiary/aromatic N) is 1. The summed E-state index contributed by atoms with van der Waals surface area (Å²) >= 11 is 0. The summed E-state index contributed by atoms with van der Waals surface area (Å²) in [5.74, 6) is 3.49. The number of benzene rings is 1. The minimum absolute atomic E-state index is 0.244. The number of nitrogen functional groups attached to an aromatic ring is 1. The molecule has 1 aromatic rings. The van der Waals surface area contributed by atoms with Gasteiger partial charge in [-0.3, -0.25) is 16.0 Å². The number of carboxylic acid groups (broad SMARTS) is 1. The summed E-state index contributed by atoms with van der Waals surface area (Å²) in [4.78, 5) is 20.4. The van der Waals surface area contributed by atoms with Crippen molar-refractivity contribution in [2.45, 2.75) is 6.10 Å². The van der Waals surface area contributed by atoms with E-state index in [1.165, 1.54) is 6.07 Å². The third-order valence-electron chi connectivity index (χ3n) is 1.92. The van der Waals surface area contributed by atoms with Gasteiger partial charge in [0.05, 0.1) is 16.2 Å². The molecule has 1 rings (SSSR count). The summed E-state index contributed by atoms with van der Waals surface area (Å²) in [6, 6.07) is 3.50. The van der Waals surface area contributed by atoms with Gasteiger partial charge in [0.15, 0.2) is 6.10 Å². The second kappa shape index (κ2) is 4.55. The highest BCUT2D eigenvalue weighted by Gasteiger charge is 2.25. The summed E-state index contributed by atoms with van der Waals surface area (Å²) in [6.07, 6.45) is -1.94. The number of anilines is 1. The van der Waals surface area contributed by atoms with E-state index < -0.39 is 22.7 Å². The summed E-state index contributed by atoms with van der Waals surface area (Å²) in [6.45, 7) is 0. The molecule has 8 nitrogen and oxygen atoms in total. The van der Waals surface area contributed by atoms with Crippen LogP contribution in [0.1, 0.15) is 11.7 Å². The molecule has 0 saturated carbocycles. The van der Waals surface area contributed by atoms with E-state index in [4.69, 9.17) is 10.9 Å². The van der Waals surface area contributed by atoms with Crippen LogP contribution in [0.5, 0.6) is 0 Å². The van der Waals surface area contributed by atoms with Gasteiger partial charge in [-0.2, -0.15) is 0 Å². The molecule has 8 heteroatoms. The van der Waals surface area contributed by atoms with Gasteiger partial charge < -0.3 is 15.6 Å². The van der Waals surface area contributed by atoms with E-state index in [0.29, 0.717) is 0 Å². The van der Waals surface area contributed by atoms with E-state index in [0.717, 1.165) is 12.1 Å². The van der Waals surface area contributed by atoms with Crippen molar-refractivity contribution in [2.24, 2.45) is 5.84 Å². The molecule has 1 unspecified atom stereocenters. The van der Waals surface area contributed by atoms with Crippen molar-refractivity contribution in [3.05, 3.63) is 33.9 Å². The fourth-order valence-electron chi connectivity index (χ4n) is 1.16. The van der Waals surface area contributed by atoms with Crippen molar-refractivity contribution in [1.29, 1.82) is 0 Å². The average Bonchev–Trinajstić information content (AvgIpc) is 2.26. The van der Waals surface area contributed by atoms with Crippen LogP contribution in [-0.2, 0) is 4.79 Å². The fraction of sp³-hybridized carbons (Fsp3) is 0.125. The van der Waals surface area contributed by atoms with Crippen LogP contribution in [0.15, 0.2) is 18.2 Å². The highest BCUT2D eigenvalue weighted by molar-refractivity contribution is 5.76. The predicted molar refractivity (Wildman–Crippen MR) is 53.5 cm³/mol. The van der Waals surface area contributed by atoms with Crippen LogP contribution in [0.2, 0.25) is 0 Å². The molecule has 0 spiro atoms. The molecule has 1 aromatic carbocycles. The molecule has 0 saturated heterocycles. The van der Waals surface area contributed by atoms with Gasteiger partial charge >= 0.3 is 5.97 Å². The normalized spacial score (nSPS) is 11.9. The quantitative estimate of drug-likeness (QED) is 0.322. The Morgan fingerprint density at radius 2 is 2.19 bits per heavy atom. The topological polar surface area (TPSA) is 139 Å². The van der Waals surface area contributed by atoms with Gasteiger partial charge in [-0.1, -0.05) is 0 Å². The van der Waals surface area contributed by atoms with Gasteiger partial charge in [-0.25, -0.2) is 4.79 Å². The van der Waals surface area contributed by atoms with E-state index in [-0.39, 0.29) is 11.3 Å². The highest BCUT2D eigenvalue weighted by Crippen LogP contribution is 2.28. The first-order valence-corrected chi connectivity index (χ1v) is 4.13. The zero-order valence-electron chi connectivity index (χ0n) is 7.95. The number of carboxylic acids is 1. The van der Waals surface area contributed by atoms with Crippen LogP contribution in [-0.4, -0.2) is 21.1 Å². The molecular weight excluding hydrogens is 218 g/mol. The molecule has 16 heavy (non-hydrogen) atoms. The number of aliphatic hydroxyl groups excluding tert-OH is 1. The Morgan fingerprint density at radius 1 is 1.56 bits per heavy atom. The van der Waals surface area contributed by atoms with Gasteiger partial charge in [0, 0.05) is 6.07 Å². The van der Waals surface area contributed by atoms with E-state index in [2.05, 4.69) is 5.43 Å². The zero-order valence-corrected chi connectivity index (χ0v) is 7.95. The summed E-state index contributed by atoms with van der Waals surface area (Å²) in [7, 11) is 0. The van der Waals surface area contributed by atoms with Crippen LogP contribution in [0, 0.1) is 10.1 Å². The van der Waals surface area contributed by atoms with E-state index >= 15 is 0 Å². The largest absolute Gasteiger partial charge is 0.479 e. The van der Waals surface area contributed by atoms with Gasteiger partial charge in [0.1, 0.15) is 0 Å². The van der Waals surface area contributed by atoms with Crippen LogP contribution < -0.4 is 11.3 Å². The molecule has 0 radical (unpaired) electrons. The lowest BCUT2D eigenvalue weighted by molar-refractivity contribution is -0.386. The number of hydrazine groups is 1. The third-order valence-corrected chi connectivity index (χ3v) is 1.92. The first-order valence-electron chi connectivity index (χ1n) is 4.13. The summed E-state index contributed by atoms with van der Waals surface area (Å²) in [5, 5.41) is 28.4. The molecule has 0 bridgehead atoms. The Kier molecular flexibility index (Phi) is 3.38. The number of nitro groups is 1. The summed E-state index contributed by atoms with van der Waals surface area (Å²) < 4.78 is 0. The second-order valence-electron chi connectivity index (χ2n) is 2.92. The maximum absolute atomic E-state index is 10.6. The van der Waals surface area contributed by atoms with E-state index in [9.17, 15) is 20.0 Å². The maximum atomic E-state index is 10.6. The molecule has 0 aliphatic rings. The Balaban J connectivity index is 3.28. The molecule has 0 heterocycles. The molecular formula is C8H9N3O5. The molecule has 0 amide bonds. The molecule has 1 atom stereocenters. The Labute approximate surface area is 89.4 Å². The zero-order chi connectivity index (χ0) is 12.3. The third kappa shape index (κ3) is 2.24. The average molecular weight is 227 g/mol. The lowest BCUT2D eigenvalue weighted by Crippen LogP contribution is -2.13. The Bertz CT molecular complexity index is 434. The van der Waals surface area contributed by atoms with Crippen LogP contribution in [0.3, 0.4) is 0 Å². The number of hydrogen-bond acceptors (Lipinski definition) is 6. The van der Waals surface area contributed by atoms with E-state index in [1.807, 2.05) is 0 Å². The fourth-order valence-corrected chi connectivity index (χ4v) is 1.16. The lowest BCUT2D eigenvalue weighted by Gasteiger charge is -2.08. The van der Waals surface area contributed by atoms with Crippen molar-refractivity contribution < 1.29 is 19.9 Å². The number of aliphatic carboxylic acids is 1. The predicted octanol–water partition coefficient (Wildman–Crippen LogP) is -0.00160. The number of hydrogen-bond donors (Lipinski definition) is 4. The number of rotatable bonds is 4. The van der Waals surface area contributed by atoms with Crippen molar-refractivity contribution >= 4 is 17.3 Å². The SMILES string of the molecule is NNc1ccc(C(O)C(=O)O)c([N+](=O)[O-])c1. The summed E-state index contributed by atoms with van der Waals surface area (Å²) in [5.41, 5.74) is 1.62. The molecule has 0 aliphatic heterocycles. The maximum Gasteiger partial charge on any atom is 0.337 e. The van der Waals surface area contributed by atoms with Gasteiger partial charge in [0.2, 0.25) is 0 Å². The van der Waals surface area contributed by atoms with Crippen molar-refractivity contribution in [3.63, 3.8) is 0 Å². The first kappa shape index (κ1) is 11.9. The van der Waals surface area contributed by atoms with Crippen molar-refractivity contribution in [3.8, 4) is 0 Å². The minimum Gasteiger partial charge on any atom is -0.479 e. The Morgan fingerprint density at radius 3 is 2.62 bits per heavy atom. The minimum atomic E-state index is -1.94.